The van der Waals surface area contributed by atoms with Crippen LogP contribution in [-0.4, -0.2) is 13.6 Å². The van der Waals surface area contributed by atoms with E-state index in [2.05, 4.69) is 115 Å². The minimum absolute atomic E-state index is 0. The summed E-state index contributed by atoms with van der Waals surface area (Å²) in [5.74, 6) is 0.344. The topological polar surface area (TPSA) is 0 Å². The summed E-state index contributed by atoms with van der Waals surface area (Å²) in [6.45, 7) is 0. The van der Waals surface area contributed by atoms with E-state index in [4.69, 9.17) is 0 Å². The number of hydrogen-bond acceptors (Lipinski definition) is 0. The van der Waals surface area contributed by atoms with Crippen molar-refractivity contribution in [3.05, 3.63) is 137 Å². The normalized spacial score (nSPS) is 15.2. The summed E-state index contributed by atoms with van der Waals surface area (Å²) in [5.41, 5.74) is 6.91. The number of halogens is 2. The molecule has 3 aromatic rings. The first-order valence-electron chi connectivity index (χ1n) is 10.3. The van der Waals surface area contributed by atoms with Crippen molar-refractivity contribution >= 4 is 19.7 Å². The van der Waals surface area contributed by atoms with Gasteiger partial charge < -0.3 is 24.8 Å². The Balaban J connectivity index is 0.00000121. The fourth-order valence-corrected chi connectivity index (χ4v) is 6.86. The van der Waals surface area contributed by atoms with E-state index in [0.29, 0.717) is 5.92 Å². The fraction of sp³-hybridized carbons (Fsp3) is 0.107. The van der Waals surface area contributed by atoms with E-state index < -0.39 is 8.41 Å². The maximum absolute atomic E-state index is 3.83. The maximum atomic E-state index is 3.83. The molecule has 0 saturated heterocycles. The summed E-state index contributed by atoms with van der Waals surface area (Å²) < 4.78 is 0. The molecule has 0 bridgehead atoms. The third-order valence-corrected chi connectivity index (χ3v) is 8.47. The molecule has 0 heterocycles. The first-order chi connectivity index (χ1) is 14.4. The molecule has 32 heavy (non-hydrogen) atoms. The second-order valence-corrected chi connectivity index (χ2v) is 10.2. The molecular formula is C28H23Cl2SiZr. The van der Waals surface area contributed by atoms with Gasteiger partial charge in [-0.15, -0.1) is 0 Å². The zero-order valence-corrected chi connectivity index (χ0v) is 22.6. The SMILES string of the molecule is [C-]1=C(C2C=Cc3ccccc32)C=CC1=[Si](Cc1ccccc1)Cc1ccccc1.[Cl-].[Cl-].[Zr+3]. The van der Waals surface area contributed by atoms with Crippen molar-refractivity contribution in [3.63, 3.8) is 0 Å². The summed E-state index contributed by atoms with van der Waals surface area (Å²) in [6.07, 6.45) is 13.0. The average molecular weight is 550 g/mol. The Labute approximate surface area is 224 Å². The van der Waals surface area contributed by atoms with Crippen LogP contribution in [0.2, 0.25) is 0 Å². The minimum atomic E-state index is -0.791. The van der Waals surface area contributed by atoms with Crippen LogP contribution in [0, 0.1) is 6.08 Å². The molecule has 0 spiro atoms. The van der Waals surface area contributed by atoms with Crippen molar-refractivity contribution in [2.45, 2.75) is 18.0 Å². The molecule has 1 radical (unpaired) electrons. The van der Waals surface area contributed by atoms with Crippen LogP contribution in [-0.2, 0) is 38.3 Å². The molecule has 2 aliphatic rings. The minimum Gasteiger partial charge on any atom is -1.00 e. The molecular weight excluding hydrogens is 527 g/mol. The second kappa shape index (κ2) is 12.6. The van der Waals surface area contributed by atoms with Crippen molar-refractivity contribution in [1.29, 1.82) is 0 Å². The smallest absolute Gasteiger partial charge is 1.00 e. The van der Waals surface area contributed by atoms with Crippen LogP contribution in [0.5, 0.6) is 0 Å². The van der Waals surface area contributed by atoms with E-state index in [-0.39, 0.29) is 51.0 Å². The van der Waals surface area contributed by atoms with Crippen LogP contribution >= 0.6 is 0 Å². The van der Waals surface area contributed by atoms with Gasteiger partial charge in [0.15, 0.2) is 0 Å². The third-order valence-electron chi connectivity index (χ3n) is 5.74. The molecule has 157 valence electrons. The zero-order chi connectivity index (χ0) is 19.5. The van der Waals surface area contributed by atoms with Crippen LogP contribution in [0.25, 0.3) is 6.08 Å². The molecule has 0 nitrogen and oxygen atoms in total. The summed E-state index contributed by atoms with van der Waals surface area (Å²) in [6, 6.07) is 32.8. The molecule has 0 amide bonds. The molecule has 5 rings (SSSR count). The van der Waals surface area contributed by atoms with E-state index in [1.165, 1.54) is 33.0 Å². The summed E-state index contributed by atoms with van der Waals surface area (Å²) in [4.78, 5) is 0. The Morgan fingerprint density at radius 3 is 1.84 bits per heavy atom. The first-order valence-corrected chi connectivity index (χ1v) is 12.2. The van der Waals surface area contributed by atoms with Crippen molar-refractivity contribution in [1.82, 2.24) is 0 Å². The fourth-order valence-electron chi connectivity index (χ4n) is 4.26. The molecule has 0 aliphatic heterocycles. The second-order valence-electron chi connectivity index (χ2n) is 7.72. The third kappa shape index (κ3) is 6.06. The number of allylic oxidation sites excluding steroid dienone is 5. The van der Waals surface area contributed by atoms with Gasteiger partial charge in [-0.05, 0) is 42.8 Å². The van der Waals surface area contributed by atoms with E-state index in [9.17, 15) is 0 Å². The van der Waals surface area contributed by atoms with E-state index in [0.717, 1.165) is 12.1 Å². The Hall–Kier alpha value is -1.57. The van der Waals surface area contributed by atoms with Crippen molar-refractivity contribution in [2.24, 2.45) is 0 Å². The summed E-state index contributed by atoms with van der Waals surface area (Å²) >= 11 is 0. The molecule has 0 aromatic heterocycles. The maximum Gasteiger partial charge on any atom is 3.00 e. The van der Waals surface area contributed by atoms with Crippen molar-refractivity contribution < 1.29 is 51.0 Å². The number of fused-ring (bicyclic) bond motifs is 1. The molecule has 4 heteroatoms. The molecule has 1 unspecified atom stereocenters. The summed E-state index contributed by atoms with van der Waals surface area (Å²) in [5, 5.41) is 1.43. The zero-order valence-electron chi connectivity index (χ0n) is 17.6. The number of hydrogen-bond donors (Lipinski definition) is 0. The average Bonchev–Trinajstić information content (AvgIpc) is 3.42. The predicted octanol–water partition coefficient (Wildman–Crippen LogP) is -0.0854. The van der Waals surface area contributed by atoms with E-state index >= 15 is 0 Å². The largest absolute Gasteiger partial charge is 3.00 e. The molecule has 2 aliphatic carbocycles. The van der Waals surface area contributed by atoms with Gasteiger partial charge in [-0.2, -0.15) is 16.8 Å². The monoisotopic (exact) mass is 547 g/mol. The molecule has 0 fully saturated rings. The van der Waals surface area contributed by atoms with Gasteiger partial charge in [-0.1, -0.05) is 97.1 Å². The van der Waals surface area contributed by atoms with Gasteiger partial charge in [0.1, 0.15) is 0 Å². The first kappa shape index (κ1) is 26.7. The molecule has 0 saturated carbocycles. The van der Waals surface area contributed by atoms with Gasteiger partial charge in [0.05, 0.1) is 0 Å². The van der Waals surface area contributed by atoms with Crippen LogP contribution in [0.4, 0.5) is 0 Å². The van der Waals surface area contributed by atoms with Crippen LogP contribution < -0.4 is 24.8 Å². The van der Waals surface area contributed by atoms with Gasteiger partial charge in [-0.25, -0.2) is 12.2 Å². The van der Waals surface area contributed by atoms with Crippen LogP contribution in [0.15, 0.2) is 109 Å². The molecule has 3 aromatic carbocycles. The molecule has 0 N–H and O–H groups in total. The van der Waals surface area contributed by atoms with Gasteiger partial charge in [0, 0.05) is 5.92 Å². The summed E-state index contributed by atoms with van der Waals surface area (Å²) in [7, 11) is -0.791. The Morgan fingerprint density at radius 1 is 0.656 bits per heavy atom. The molecule has 1 atom stereocenters. The quantitative estimate of drug-likeness (QED) is 0.309. The van der Waals surface area contributed by atoms with Crippen LogP contribution in [0.1, 0.15) is 28.2 Å². The van der Waals surface area contributed by atoms with E-state index in [1.807, 2.05) is 0 Å². The van der Waals surface area contributed by atoms with Gasteiger partial charge >= 0.3 is 26.2 Å². The Bertz CT molecular complexity index is 1100. The van der Waals surface area contributed by atoms with Gasteiger partial charge in [-0.3, -0.25) is 0 Å². The van der Waals surface area contributed by atoms with Gasteiger partial charge in [0.25, 0.3) is 0 Å². The Morgan fingerprint density at radius 2 is 1.22 bits per heavy atom. The van der Waals surface area contributed by atoms with Crippen molar-refractivity contribution in [2.75, 3.05) is 0 Å². The van der Waals surface area contributed by atoms with Gasteiger partial charge in [0.2, 0.25) is 0 Å². The number of rotatable bonds is 5. The number of benzene rings is 3. The van der Waals surface area contributed by atoms with E-state index in [1.54, 1.807) is 0 Å². The standard InChI is InChI=1S/C28H23Si.2ClH.Zr/c1-3-9-22(10-4-1)20-29(21-23-11-5-2-6-12-23)26-17-15-25(19-26)28-18-16-24-13-7-8-14-27(24)28;;;/h1-18,28H,20-21H2;2*1H;/q-1;;;+3/p-2. The Kier molecular flexibility index (Phi) is 10.5. The predicted molar refractivity (Wildman–Crippen MR) is 125 cm³/mol. The van der Waals surface area contributed by atoms with Crippen LogP contribution in [0.3, 0.4) is 0 Å². The van der Waals surface area contributed by atoms with Crippen molar-refractivity contribution in [3.8, 4) is 0 Å².